The number of aryl methyl sites for hydroxylation is 1. The Morgan fingerprint density at radius 3 is 3.05 bits per heavy atom. The molecule has 1 amide bonds. The van der Waals surface area contributed by atoms with Crippen LogP contribution in [0.15, 0.2) is 24.3 Å². The number of amides is 1. The minimum absolute atomic E-state index is 0.205. The molecule has 0 bridgehead atoms. The van der Waals surface area contributed by atoms with E-state index in [9.17, 15) is 4.79 Å². The van der Waals surface area contributed by atoms with Crippen molar-refractivity contribution in [2.45, 2.75) is 44.6 Å². The molecule has 1 aromatic carbocycles. The van der Waals surface area contributed by atoms with Crippen LogP contribution in [0.5, 0.6) is 0 Å². The van der Waals surface area contributed by atoms with E-state index >= 15 is 0 Å². The molecule has 3 rings (SSSR count). The molecule has 0 aliphatic heterocycles. The molecular formula is C17H24N2O. The lowest BCUT2D eigenvalue weighted by molar-refractivity contribution is -0.122. The van der Waals surface area contributed by atoms with Crippen LogP contribution in [0.25, 0.3) is 0 Å². The highest BCUT2D eigenvalue weighted by Gasteiger charge is 2.56. The van der Waals surface area contributed by atoms with E-state index in [1.54, 1.807) is 0 Å². The molecule has 20 heavy (non-hydrogen) atoms. The standard InChI is InChI=1S/C17H24N2O/c1-2-12(18)9-10-19-17(20)16-14-8-7-11-5-3-4-6-13(11)15(14)16/h3-6,12,14-16H,2,7-10,18H2,1H3,(H,19,20). The van der Waals surface area contributed by atoms with Crippen molar-refractivity contribution in [1.29, 1.82) is 0 Å². The monoisotopic (exact) mass is 272 g/mol. The first-order valence-corrected chi connectivity index (χ1v) is 7.83. The number of nitrogens with two attached hydrogens (primary N) is 1. The number of benzene rings is 1. The minimum atomic E-state index is 0.205. The Morgan fingerprint density at radius 1 is 1.45 bits per heavy atom. The van der Waals surface area contributed by atoms with Gasteiger partial charge < -0.3 is 11.1 Å². The summed E-state index contributed by atoms with van der Waals surface area (Å²) in [6.07, 6.45) is 4.13. The Hall–Kier alpha value is -1.35. The fraction of sp³-hybridized carbons (Fsp3) is 0.588. The molecule has 0 saturated heterocycles. The Morgan fingerprint density at radius 2 is 2.25 bits per heavy atom. The average Bonchev–Trinajstić information content (AvgIpc) is 3.22. The maximum atomic E-state index is 12.3. The summed E-state index contributed by atoms with van der Waals surface area (Å²) in [5.74, 6) is 1.49. The predicted molar refractivity (Wildman–Crippen MR) is 80.4 cm³/mol. The van der Waals surface area contributed by atoms with Gasteiger partial charge in [-0.05, 0) is 48.6 Å². The van der Waals surface area contributed by atoms with E-state index < -0.39 is 0 Å². The van der Waals surface area contributed by atoms with Gasteiger partial charge >= 0.3 is 0 Å². The van der Waals surface area contributed by atoms with Crippen LogP contribution >= 0.6 is 0 Å². The number of carbonyl (C=O) groups is 1. The normalized spacial score (nSPS) is 28.2. The summed E-state index contributed by atoms with van der Waals surface area (Å²) in [4.78, 5) is 12.3. The second-order valence-corrected chi connectivity index (χ2v) is 6.20. The maximum absolute atomic E-state index is 12.3. The number of hydrogen-bond donors (Lipinski definition) is 2. The highest BCUT2D eigenvalue weighted by molar-refractivity contribution is 5.84. The lowest BCUT2D eigenvalue weighted by Crippen LogP contribution is -2.31. The molecule has 3 N–H and O–H groups in total. The van der Waals surface area contributed by atoms with Crippen LogP contribution in [0, 0.1) is 11.8 Å². The first-order chi connectivity index (χ1) is 9.72. The Kier molecular flexibility index (Phi) is 3.79. The molecule has 2 aliphatic rings. The zero-order valence-electron chi connectivity index (χ0n) is 12.1. The smallest absolute Gasteiger partial charge is 0.224 e. The average molecular weight is 272 g/mol. The van der Waals surface area contributed by atoms with Crippen molar-refractivity contribution in [2.24, 2.45) is 17.6 Å². The summed E-state index contributed by atoms with van der Waals surface area (Å²) in [5, 5.41) is 3.08. The predicted octanol–water partition coefficient (Wildman–Crippen LogP) is 2.21. The lowest BCUT2D eigenvalue weighted by Gasteiger charge is -2.13. The topological polar surface area (TPSA) is 55.1 Å². The SMILES string of the molecule is CCC(N)CCNC(=O)C1C2CCc3ccccc3C21. The van der Waals surface area contributed by atoms with Crippen molar-refractivity contribution in [3.8, 4) is 0 Å². The minimum Gasteiger partial charge on any atom is -0.356 e. The van der Waals surface area contributed by atoms with Crippen LogP contribution in [-0.4, -0.2) is 18.5 Å². The van der Waals surface area contributed by atoms with Crippen molar-refractivity contribution in [3.63, 3.8) is 0 Å². The summed E-state index contributed by atoms with van der Waals surface area (Å²) < 4.78 is 0. The van der Waals surface area contributed by atoms with Gasteiger partial charge in [-0.25, -0.2) is 0 Å². The molecule has 0 heterocycles. The molecule has 2 aliphatic carbocycles. The third-order valence-electron chi connectivity index (χ3n) is 4.97. The summed E-state index contributed by atoms with van der Waals surface area (Å²) >= 11 is 0. The van der Waals surface area contributed by atoms with Crippen LogP contribution in [-0.2, 0) is 11.2 Å². The molecule has 4 unspecified atom stereocenters. The van der Waals surface area contributed by atoms with E-state index in [1.807, 2.05) is 0 Å². The third kappa shape index (κ3) is 2.47. The molecule has 1 aromatic rings. The van der Waals surface area contributed by atoms with E-state index in [0.717, 1.165) is 25.7 Å². The van der Waals surface area contributed by atoms with Gasteiger partial charge in [0.2, 0.25) is 5.91 Å². The van der Waals surface area contributed by atoms with Gasteiger partial charge in [-0.2, -0.15) is 0 Å². The Bertz CT molecular complexity index is 500. The van der Waals surface area contributed by atoms with Crippen molar-refractivity contribution >= 4 is 5.91 Å². The van der Waals surface area contributed by atoms with Gasteiger partial charge in [0.05, 0.1) is 0 Å². The van der Waals surface area contributed by atoms with Gasteiger partial charge in [0, 0.05) is 18.5 Å². The van der Waals surface area contributed by atoms with Crippen molar-refractivity contribution in [3.05, 3.63) is 35.4 Å². The quantitative estimate of drug-likeness (QED) is 0.863. The van der Waals surface area contributed by atoms with Gasteiger partial charge in [0.15, 0.2) is 0 Å². The van der Waals surface area contributed by atoms with Gasteiger partial charge in [-0.1, -0.05) is 31.2 Å². The van der Waals surface area contributed by atoms with Crippen LogP contribution in [0.4, 0.5) is 0 Å². The first kappa shape index (κ1) is 13.6. The number of hydrogen-bond acceptors (Lipinski definition) is 2. The molecule has 3 heteroatoms. The largest absolute Gasteiger partial charge is 0.356 e. The molecule has 0 radical (unpaired) electrons. The zero-order chi connectivity index (χ0) is 14.1. The van der Waals surface area contributed by atoms with Gasteiger partial charge in [-0.3, -0.25) is 4.79 Å². The van der Waals surface area contributed by atoms with Crippen LogP contribution in [0.1, 0.15) is 43.2 Å². The highest BCUT2D eigenvalue weighted by Crippen LogP contribution is 2.59. The molecule has 3 nitrogen and oxygen atoms in total. The zero-order valence-corrected chi connectivity index (χ0v) is 12.1. The Labute approximate surface area is 120 Å². The molecule has 4 atom stereocenters. The van der Waals surface area contributed by atoms with E-state index in [-0.39, 0.29) is 17.9 Å². The first-order valence-electron chi connectivity index (χ1n) is 7.83. The van der Waals surface area contributed by atoms with E-state index in [0.29, 0.717) is 18.4 Å². The molecule has 1 saturated carbocycles. The number of carbonyl (C=O) groups excluding carboxylic acids is 1. The van der Waals surface area contributed by atoms with Crippen LogP contribution < -0.4 is 11.1 Å². The Balaban J connectivity index is 1.57. The van der Waals surface area contributed by atoms with Gasteiger partial charge in [0.1, 0.15) is 0 Å². The van der Waals surface area contributed by atoms with Crippen molar-refractivity contribution in [1.82, 2.24) is 5.32 Å². The lowest BCUT2D eigenvalue weighted by atomic mass is 9.92. The van der Waals surface area contributed by atoms with Crippen LogP contribution in [0.3, 0.4) is 0 Å². The summed E-state index contributed by atoms with van der Waals surface area (Å²) in [7, 11) is 0. The summed E-state index contributed by atoms with van der Waals surface area (Å²) in [6.45, 7) is 2.80. The third-order valence-corrected chi connectivity index (χ3v) is 4.97. The fourth-order valence-corrected chi connectivity index (χ4v) is 3.63. The van der Waals surface area contributed by atoms with E-state index in [2.05, 4.69) is 36.5 Å². The summed E-state index contributed by atoms with van der Waals surface area (Å²) in [5.41, 5.74) is 8.73. The number of rotatable bonds is 5. The van der Waals surface area contributed by atoms with Crippen molar-refractivity contribution < 1.29 is 4.79 Å². The van der Waals surface area contributed by atoms with Crippen LogP contribution in [0.2, 0.25) is 0 Å². The van der Waals surface area contributed by atoms with Crippen molar-refractivity contribution in [2.75, 3.05) is 6.54 Å². The number of fused-ring (bicyclic) bond motifs is 3. The van der Waals surface area contributed by atoms with Gasteiger partial charge in [0.25, 0.3) is 0 Å². The fourth-order valence-electron chi connectivity index (χ4n) is 3.63. The second-order valence-electron chi connectivity index (χ2n) is 6.20. The second kappa shape index (κ2) is 5.57. The molecular weight excluding hydrogens is 248 g/mol. The molecule has 108 valence electrons. The molecule has 0 aromatic heterocycles. The van der Waals surface area contributed by atoms with Gasteiger partial charge in [-0.15, -0.1) is 0 Å². The van der Waals surface area contributed by atoms with E-state index in [1.165, 1.54) is 11.1 Å². The highest BCUT2D eigenvalue weighted by atomic mass is 16.2. The molecule has 1 fully saturated rings. The summed E-state index contributed by atoms with van der Waals surface area (Å²) in [6, 6.07) is 8.81. The molecule has 0 spiro atoms. The maximum Gasteiger partial charge on any atom is 0.224 e. The number of nitrogens with one attached hydrogen (secondary N) is 1. The van der Waals surface area contributed by atoms with E-state index in [4.69, 9.17) is 5.73 Å².